The fourth-order valence-corrected chi connectivity index (χ4v) is 2.32. The molecule has 0 unspecified atom stereocenters. The van der Waals surface area contributed by atoms with Crippen LogP contribution in [0.3, 0.4) is 0 Å². The van der Waals surface area contributed by atoms with Crippen LogP contribution in [0, 0.1) is 13.8 Å². The second-order valence-corrected chi connectivity index (χ2v) is 5.05. The molecular formula is C10H8Br2N4O2. The zero-order valence-corrected chi connectivity index (χ0v) is 12.7. The summed E-state index contributed by atoms with van der Waals surface area (Å²) >= 11 is 6.40. The first-order valence-corrected chi connectivity index (χ1v) is 6.50. The normalized spacial score (nSPS) is 10.4. The van der Waals surface area contributed by atoms with Gasteiger partial charge in [0.15, 0.2) is 5.82 Å². The summed E-state index contributed by atoms with van der Waals surface area (Å²) in [5, 5.41) is 6.37. The van der Waals surface area contributed by atoms with Crippen molar-refractivity contribution in [2.75, 3.05) is 5.32 Å². The van der Waals surface area contributed by atoms with Crippen LogP contribution in [0.2, 0.25) is 0 Å². The molecule has 8 heteroatoms. The first kappa shape index (κ1) is 13.2. The Morgan fingerprint density at radius 1 is 1.39 bits per heavy atom. The number of amides is 1. The third-order valence-electron chi connectivity index (χ3n) is 2.19. The van der Waals surface area contributed by atoms with Gasteiger partial charge in [-0.15, -0.1) is 0 Å². The van der Waals surface area contributed by atoms with Gasteiger partial charge in [0.1, 0.15) is 20.5 Å². The van der Waals surface area contributed by atoms with Gasteiger partial charge in [-0.1, -0.05) is 5.16 Å². The van der Waals surface area contributed by atoms with E-state index in [0.29, 0.717) is 32.0 Å². The number of carbonyl (C=O) groups is 1. The van der Waals surface area contributed by atoms with Gasteiger partial charge in [0.2, 0.25) is 0 Å². The number of nitrogens with zero attached hydrogens (tertiary/aromatic N) is 3. The van der Waals surface area contributed by atoms with Crippen LogP contribution in [0.5, 0.6) is 0 Å². The summed E-state index contributed by atoms with van der Waals surface area (Å²) in [7, 11) is 0. The first-order valence-electron chi connectivity index (χ1n) is 4.91. The molecule has 2 aromatic heterocycles. The maximum atomic E-state index is 12.0. The van der Waals surface area contributed by atoms with Crippen LogP contribution < -0.4 is 5.32 Å². The smallest absolute Gasteiger partial charge is 0.262 e. The number of nitrogens with one attached hydrogen (secondary N) is 1. The zero-order valence-electron chi connectivity index (χ0n) is 9.49. The molecule has 0 aliphatic heterocycles. The second-order valence-electron chi connectivity index (χ2n) is 3.49. The maximum absolute atomic E-state index is 12.0. The van der Waals surface area contributed by atoms with Crippen molar-refractivity contribution in [2.45, 2.75) is 13.8 Å². The van der Waals surface area contributed by atoms with Crippen molar-refractivity contribution in [3.63, 3.8) is 0 Å². The molecule has 0 aliphatic carbocycles. The standard InChI is InChI=1S/C10H8Br2N4O2/c1-4-7(5(2)18-16-4)10(17)15-9-8(12)14-6(11)3-13-9/h3H,1-2H3,(H,13,15,17). The fourth-order valence-electron chi connectivity index (χ4n) is 1.41. The SMILES string of the molecule is Cc1noc(C)c1C(=O)Nc1ncc(Br)nc1Br. The minimum atomic E-state index is -0.330. The lowest BCUT2D eigenvalue weighted by atomic mass is 10.2. The highest BCUT2D eigenvalue weighted by Gasteiger charge is 2.19. The van der Waals surface area contributed by atoms with E-state index in [2.05, 4.69) is 52.3 Å². The predicted octanol–water partition coefficient (Wildman–Crippen LogP) is 2.86. The lowest BCUT2D eigenvalue weighted by Crippen LogP contribution is -2.15. The van der Waals surface area contributed by atoms with Gasteiger partial charge in [-0.2, -0.15) is 0 Å². The minimum absolute atomic E-state index is 0.330. The third-order valence-corrected chi connectivity index (χ3v) is 3.13. The molecule has 0 aliphatic rings. The van der Waals surface area contributed by atoms with E-state index in [9.17, 15) is 4.79 Å². The Hall–Kier alpha value is -1.28. The summed E-state index contributed by atoms with van der Waals surface area (Å²) in [5.41, 5.74) is 0.942. The molecular weight excluding hydrogens is 368 g/mol. The summed E-state index contributed by atoms with van der Waals surface area (Å²) in [5.74, 6) is 0.470. The van der Waals surface area contributed by atoms with Crippen LogP contribution in [0.4, 0.5) is 5.82 Å². The quantitative estimate of drug-likeness (QED) is 0.872. The summed E-state index contributed by atoms with van der Waals surface area (Å²) in [4.78, 5) is 20.2. The van der Waals surface area contributed by atoms with Gasteiger partial charge in [-0.3, -0.25) is 4.79 Å². The molecule has 0 fully saturated rings. The van der Waals surface area contributed by atoms with E-state index in [1.165, 1.54) is 6.20 Å². The van der Waals surface area contributed by atoms with Gasteiger partial charge < -0.3 is 9.84 Å². The highest BCUT2D eigenvalue weighted by Crippen LogP contribution is 2.21. The summed E-state index contributed by atoms with van der Waals surface area (Å²) in [6.07, 6.45) is 1.49. The largest absolute Gasteiger partial charge is 0.361 e. The Morgan fingerprint density at radius 3 is 2.67 bits per heavy atom. The molecule has 1 amide bonds. The predicted molar refractivity (Wildman–Crippen MR) is 71.4 cm³/mol. The van der Waals surface area contributed by atoms with E-state index in [4.69, 9.17) is 4.52 Å². The summed E-state index contributed by atoms with van der Waals surface area (Å²) in [6.45, 7) is 3.38. The highest BCUT2D eigenvalue weighted by molar-refractivity contribution is 9.11. The van der Waals surface area contributed by atoms with Crippen molar-refractivity contribution in [3.05, 3.63) is 32.4 Å². The molecule has 6 nitrogen and oxygen atoms in total. The van der Waals surface area contributed by atoms with Crippen LogP contribution >= 0.6 is 31.9 Å². The lowest BCUT2D eigenvalue weighted by Gasteiger charge is -2.05. The Bertz CT molecular complexity index is 592. The van der Waals surface area contributed by atoms with Crippen LogP contribution in [-0.2, 0) is 0 Å². The first-order chi connectivity index (χ1) is 8.49. The van der Waals surface area contributed by atoms with E-state index in [-0.39, 0.29) is 5.91 Å². The van der Waals surface area contributed by atoms with Gasteiger partial charge in [0.05, 0.1) is 11.9 Å². The van der Waals surface area contributed by atoms with E-state index in [1.807, 2.05) is 0 Å². The summed E-state index contributed by atoms with van der Waals surface area (Å²) in [6, 6.07) is 0. The van der Waals surface area contributed by atoms with Gasteiger partial charge in [-0.25, -0.2) is 9.97 Å². The molecule has 18 heavy (non-hydrogen) atoms. The number of aryl methyl sites for hydroxylation is 2. The Labute approximate surface area is 119 Å². The molecule has 1 N–H and O–H groups in total. The molecule has 0 atom stereocenters. The van der Waals surface area contributed by atoms with Crippen LogP contribution in [0.25, 0.3) is 0 Å². The van der Waals surface area contributed by atoms with E-state index < -0.39 is 0 Å². The van der Waals surface area contributed by atoms with Crippen LogP contribution in [0.1, 0.15) is 21.8 Å². The molecule has 0 saturated carbocycles. The molecule has 0 spiro atoms. The summed E-state index contributed by atoms with van der Waals surface area (Å²) < 4.78 is 5.95. The Balaban J connectivity index is 2.27. The van der Waals surface area contributed by atoms with Crippen LogP contribution in [-0.4, -0.2) is 21.0 Å². The molecule has 94 valence electrons. The Kier molecular flexibility index (Phi) is 3.76. The minimum Gasteiger partial charge on any atom is -0.361 e. The highest BCUT2D eigenvalue weighted by atomic mass is 79.9. The van der Waals surface area contributed by atoms with Gasteiger partial charge in [-0.05, 0) is 45.7 Å². The fraction of sp³-hybridized carbons (Fsp3) is 0.200. The van der Waals surface area contributed by atoms with E-state index >= 15 is 0 Å². The molecule has 2 aromatic rings. The van der Waals surface area contributed by atoms with Crippen molar-refractivity contribution in [2.24, 2.45) is 0 Å². The van der Waals surface area contributed by atoms with Crippen molar-refractivity contribution in [1.82, 2.24) is 15.1 Å². The molecule has 2 heterocycles. The van der Waals surface area contributed by atoms with Crippen molar-refractivity contribution >= 4 is 43.6 Å². The lowest BCUT2D eigenvalue weighted by molar-refractivity contribution is 0.102. The van der Waals surface area contributed by atoms with Crippen molar-refractivity contribution in [3.8, 4) is 0 Å². The monoisotopic (exact) mass is 374 g/mol. The molecule has 0 radical (unpaired) electrons. The number of carbonyl (C=O) groups excluding carboxylic acids is 1. The molecule has 2 rings (SSSR count). The maximum Gasteiger partial charge on any atom is 0.262 e. The van der Waals surface area contributed by atoms with Crippen LogP contribution in [0.15, 0.2) is 19.9 Å². The number of anilines is 1. The van der Waals surface area contributed by atoms with Gasteiger partial charge >= 0.3 is 0 Å². The molecule has 0 bridgehead atoms. The third kappa shape index (κ3) is 2.59. The second kappa shape index (κ2) is 5.15. The van der Waals surface area contributed by atoms with Gasteiger partial charge in [0.25, 0.3) is 5.91 Å². The average Bonchev–Trinajstić information content (AvgIpc) is 2.62. The number of hydrogen-bond acceptors (Lipinski definition) is 5. The zero-order chi connectivity index (χ0) is 13.3. The topological polar surface area (TPSA) is 80.9 Å². The van der Waals surface area contributed by atoms with Crippen molar-refractivity contribution in [1.29, 1.82) is 0 Å². The number of aromatic nitrogens is 3. The average molecular weight is 376 g/mol. The molecule has 0 aromatic carbocycles. The van der Waals surface area contributed by atoms with E-state index in [0.717, 1.165) is 0 Å². The van der Waals surface area contributed by atoms with Crippen molar-refractivity contribution < 1.29 is 9.32 Å². The van der Waals surface area contributed by atoms with E-state index in [1.54, 1.807) is 13.8 Å². The number of rotatable bonds is 2. The van der Waals surface area contributed by atoms with Gasteiger partial charge in [0, 0.05) is 0 Å². The molecule has 0 saturated heterocycles. The number of hydrogen-bond donors (Lipinski definition) is 1. The Morgan fingerprint density at radius 2 is 2.11 bits per heavy atom. The number of halogens is 2.